The van der Waals surface area contributed by atoms with Crippen LogP contribution in [0.25, 0.3) is 0 Å². The summed E-state index contributed by atoms with van der Waals surface area (Å²) < 4.78 is 13.0. The molecule has 2 N–H and O–H groups in total. The van der Waals surface area contributed by atoms with Crippen molar-refractivity contribution in [1.29, 1.82) is 0 Å². The van der Waals surface area contributed by atoms with Crippen LogP contribution in [0, 0.1) is 11.7 Å². The molecule has 2 aromatic rings. The van der Waals surface area contributed by atoms with E-state index >= 15 is 0 Å². The predicted molar refractivity (Wildman–Crippen MR) is 84.4 cm³/mol. The molecule has 21 heavy (non-hydrogen) atoms. The monoisotopic (exact) mass is 328 g/mol. The van der Waals surface area contributed by atoms with Gasteiger partial charge in [0.05, 0.1) is 20.3 Å². The van der Waals surface area contributed by atoms with E-state index in [-0.39, 0.29) is 0 Å². The number of methoxy groups -OCH3 is 1. The van der Waals surface area contributed by atoms with Gasteiger partial charge in [-0.1, -0.05) is 11.6 Å². The van der Waals surface area contributed by atoms with E-state index < -0.39 is 0 Å². The smallest absolute Gasteiger partial charge is 0.214 e. The summed E-state index contributed by atoms with van der Waals surface area (Å²) in [5, 5.41) is 7.34. The number of aromatic nitrogens is 3. The van der Waals surface area contributed by atoms with E-state index in [1.807, 2.05) is 19.9 Å². The Morgan fingerprint density at radius 3 is 2.76 bits per heavy atom. The minimum absolute atomic E-state index is 0.482. The highest BCUT2D eigenvalue weighted by atomic mass is 35.5. The number of benzene rings is 1. The van der Waals surface area contributed by atoms with Crippen LogP contribution >= 0.6 is 23.8 Å². The van der Waals surface area contributed by atoms with Gasteiger partial charge in [0.15, 0.2) is 11.5 Å². The molecule has 0 amide bonds. The fourth-order valence-corrected chi connectivity index (χ4v) is 2.33. The van der Waals surface area contributed by atoms with Crippen molar-refractivity contribution in [2.24, 2.45) is 0 Å². The molecule has 0 aliphatic rings. The quantitative estimate of drug-likeness (QED) is 0.798. The van der Waals surface area contributed by atoms with Crippen molar-refractivity contribution in [3.63, 3.8) is 0 Å². The Morgan fingerprint density at radius 2 is 2.19 bits per heavy atom. The van der Waals surface area contributed by atoms with Crippen LogP contribution in [0.5, 0.6) is 11.5 Å². The summed E-state index contributed by atoms with van der Waals surface area (Å²) in [6.07, 6.45) is 0. The molecule has 0 radical (unpaired) electrons. The Hall–Kier alpha value is -1.73. The van der Waals surface area contributed by atoms with Crippen LogP contribution in [0.2, 0.25) is 5.02 Å². The zero-order valence-corrected chi connectivity index (χ0v) is 13.6. The molecule has 0 unspecified atom stereocenters. The second kappa shape index (κ2) is 6.82. The maximum atomic E-state index is 6.28. The van der Waals surface area contributed by atoms with Crippen LogP contribution in [0.4, 0.5) is 0 Å². The number of nitrogens with zero attached hydrogens (tertiary/aromatic N) is 2. The standard InChI is InChI=1S/C13H17ClN4O2S/c1-4-20-12-6-10(14)9(5-11(12)19-3)7-15-18-8(2)16-17-13(18)21/h5-6,15H,4,7H2,1-3H3,(H,17,21). The number of ether oxygens (including phenoxy) is 2. The van der Waals surface area contributed by atoms with Crippen molar-refractivity contribution >= 4 is 23.8 Å². The normalized spacial score (nSPS) is 10.5. The van der Waals surface area contributed by atoms with Crippen LogP contribution in [0.15, 0.2) is 12.1 Å². The van der Waals surface area contributed by atoms with Crippen molar-refractivity contribution in [2.75, 3.05) is 19.1 Å². The van der Waals surface area contributed by atoms with Gasteiger partial charge in [-0.2, -0.15) is 5.10 Å². The summed E-state index contributed by atoms with van der Waals surface area (Å²) >= 11 is 11.4. The van der Waals surface area contributed by atoms with Crippen molar-refractivity contribution < 1.29 is 9.47 Å². The number of nitrogens with one attached hydrogen (secondary N) is 2. The van der Waals surface area contributed by atoms with Gasteiger partial charge in [-0.15, -0.1) is 0 Å². The maximum Gasteiger partial charge on any atom is 0.214 e. The Balaban J connectivity index is 2.22. The summed E-state index contributed by atoms with van der Waals surface area (Å²) in [7, 11) is 1.60. The molecule has 0 saturated heterocycles. The Labute approximate surface area is 133 Å². The van der Waals surface area contributed by atoms with E-state index in [1.165, 1.54) is 0 Å². The van der Waals surface area contributed by atoms with Gasteiger partial charge in [0.1, 0.15) is 5.82 Å². The molecule has 0 atom stereocenters. The van der Waals surface area contributed by atoms with E-state index in [0.29, 0.717) is 34.4 Å². The Bertz CT molecular complexity index is 683. The van der Waals surface area contributed by atoms with Crippen LogP contribution in [0.1, 0.15) is 18.3 Å². The second-order valence-corrected chi connectivity index (χ2v) is 5.07. The van der Waals surface area contributed by atoms with Gasteiger partial charge < -0.3 is 14.9 Å². The molecule has 0 bridgehead atoms. The lowest BCUT2D eigenvalue weighted by Crippen LogP contribution is -2.16. The van der Waals surface area contributed by atoms with Crippen LogP contribution in [-0.2, 0) is 6.54 Å². The lowest BCUT2D eigenvalue weighted by atomic mass is 10.2. The second-order valence-electron chi connectivity index (χ2n) is 4.27. The predicted octanol–water partition coefficient (Wildman–Crippen LogP) is 3.05. The SMILES string of the molecule is CCOc1cc(Cl)c(CNn2c(C)n[nH]c2=S)cc1OC. The third-order valence-electron chi connectivity index (χ3n) is 2.90. The molecule has 1 heterocycles. The largest absolute Gasteiger partial charge is 0.493 e. The summed E-state index contributed by atoms with van der Waals surface area (Å²) in [6.45, 7) is 4.79. The average molecular weight is 329 g/mol. The fraction of sp³-hybridized carbons (Fsp3) is 0.385. The molecule has 0 fully saturated rings. The molecular formula is C13H17ClN4O2S. The topological polar surface area (TPSA) is 64.1 Å². The highest BCUT2D eigenvalue weighted by Gasteiger charge is 2.11. The van der Waals surface area contributed by atoms with E-state index in [0.717, 1.165) is 11.4 Å². The average Bonchev–Trinajstić information content (AvgIpc) is 2.78. The fourth-order valence-electron chi connectivity index (χ4n) is 1.87. The minimum Gasteiger partial charge on any atom is -0.493 e. The van der Waals surface area contributed by atoms with Gasteiger partial charge in [-0.05, 0) is 37.7 Å². The van der Waals surface area contributed by atoms with Gasteiger partial charge in [-0.25, -0.2) is 4.68 Å². The first-order valence-corrected chi connectivity index (χ1v) is 7.22. The first kappa shape index (κ1) is 15.7. The first-order valence-electron chi connectivity index (χ1n) is 6.44. The molecular weight excluding hydrogens is 312 g/mol. The van der Waals surface area contributed by atoms with Crippen molar-refractivity contribution in [1.82, 2.24) is 14.9 Å². The molecule has 0 aliphatic heterocycles. The maximum absolute atomic E-state index is 6.28. The van der Waals surface area contributed by atoms with E-state index in [2.05, 4.69) is 15.6 Å². The number of rotatable bonds is 6. The lowest BCUT2D eigenvalue weighted by molar-refractivity contribution is 0.310. The first-order chi connectivity index (χ1) is 10.1. The van der Waals surface area contributed by atoms with Gasteiger partial charge in [0.2, 0.25) is 4.77 Å². The van der Waals surface area contributed by atoms with Gasteiger partial charge in [-0.3, -0.25) is 5.10 Å². The summed E-state index contributed by atoms with van der Waals surface area (Å²) in [5.74, 6) is 2.02. The molecule has 0 saturated carbocycles. The zero-order valence-electron chi connectivity index (χ0n) is 12.1. The van der Waals surface area contributed by atoms with Crippen molar-refractivity contribution in [3.8, 4) is 11.5 Å². The van der Waals surface area contributed by atoms with E-state index in [1.54, 1.807) is 17.9 Å². The molecule has 114 valence electrons. The van der Waals surface area contributed by atoms with Gasteiger partial charge >= 0.3 is 0 Å². The van der Waals surface area contributed by atoms with Crippen LogP contribution < -0.4 is 14.9 Å². The zero-order chi connectivity index (χ0) is 15.4. The molecule has 1 aromatic heterocycles. The minimum atomic E-state index is 0.482. The molecule has 2 rings (SSSR count). The number of hydrogen-bond donors (Lipinski definition) is 2. The highest BCUT2D eigenvalue weighted by Crippen LogP contribution is 2.33. The Kier molecular flexibility index (Phi) is 5.08. The number of hydrogen-bond acceptors (Lipinski definition) is 5. The van der Waals surface area contributed by atoms with Crippen LogP contribution in [-0.4, -0.2) is 28.6 Å². The highest BCUT2D eigenvalue weighted by molar-refractivity contribution is 7.71. The summed E-state index contributed by atoms with van der Waals surface area (Å²) in [6, 6.07) is 3.60. The molecule has 1 aromatic carbocycles. The van der Waals surface area contributed by atoms with Crippen molar-refractivity contribution in [3.05, 3.63) is 33.3 Å². The lowest BCUT2D eigenvalue weighted by Gasteiger charge is -2.14. The molecule has 6 nitrogen and oxygen atoms in total. The summed E-state index contributed by atoms with van der Waals surface area (Å²) in [4.78, 5) is 0. The van der Waals surface area contributed by atoms with E-state index in [4.69, 9.17) is 33.3 Å². The number of H-pyrrole nitrogens is 1. The van der Waals surface area contributed by atoms with E-state index in [9.17, 15) is 0 Å². The Morgan fingerprint density at radius 1 is 1.43 bits per heavy atom. The third kappa shape index (κ3) is 3.48. The van der Waals surface area contributed by atoms with Crippen molar-refractivity contribution in [2.45, 2.75) is 20.4 Å². The number of halogens is 1. The number of aryl methyl sites for hydroxylation is 1. The number of aromatic amines is 1. The van der Waals surface area contributed by atoms with Crippen LogP contribution in [0.3, 0.4) is 0 Å². The third-order valence-corrected chi connectivity index (χ3v) is 3.53. The molecule has 0 spiro atoms. The molecule has 8 heteroatoms. The van der Waals surface area contributed by atoms with Gasteiger partial charge in [0.25, 0.3) is 0 Å². The summed E-state index contributed by atoms with van der Waals surface area (Å²) in [5.41, 5.74) is 4.03. The van der Waals surface area contributed by atoms with Gasteiger partial charge in [0, 0.05) is 11.1 Å². The molecule has 0 aliphatic carbocycles.